The van der Waals surface area contributed by atoms with Crippen molar-refractivity contribution in [1.29, 1.82) is 0 Å². The van der Waals surface area contributed by atoms with Gasteiger partial charge in [0.1, 0.15) is 13.3 Å². The highest BCUT2D eigenvalue weighted by atomic mass is 19.3. The average molecular weight is 386 g/mol. The zero-order chi connectivity index (χ0) is 19.6. The van der Waals surface area contributed by atoms with Crippen molar-refractivity contribution in [3.8, 4) is 0 Å². The number of hydrogen-bond donors (Lipinski definition) is 3. The number of alkyl halides is 11. The van der Waals surface area contributed by atoms with Gasteiger partial charge >= 0.3 is 17.8 Å². The highest BCUT2D eigenvalue weighted by Crippen LogP contribution is 2.63. The predicted octanol–water partition coefficient (Wildman–Crippen LogP) is 1.99. The molecular formula is C10H9F11O3. The average Bonchev–Trinajstić information content (AvgIpc) is 2.41. The van der Waals surface area contributed by atoms with E-state index in [4.69, 9.17) is 15.3 Å². The normalized spacial score (nSPS) is 47.8. The van der Waals surface area contributed by atoms with Crippen molar-refractivity contribution in [1.82, 2.24) is 0 Å². The molecule has 0 aromatic carbocycles. The molecule has 3 N–H and O–H groups in total. The summed E-state index contributed by atoms with van der Waals surface area (Å²) in [4.78, 5) is 0. The van der Waals surface area contributed by atoms with E-state index in [0.717, 1.165) is 0 Å². The fraction of sp³-hybridized carbons (Fsp3) is 1.00. The molecule has 0 aromatic heterocycles. The topological polar surface area (TPSA) is 60.7 Å². The van der Waals surface area contributed by atoms with E-state index in [1.54, 1.807) is 0 Å². The van der Waals surface area contributed by atoms with E-state index in [1.165, 1.54) is 0 Å². The first kappa shape index (κ1) is 21.2. The Hall–Kier alpha value is -0.890. The molecule has 0 bridgehead atoms. The van der Waals surface area contributed by atoms with Crippen LogP contribution in [0.2, 0.25) is 0 Å². The third-order valence-corrected chi connectivity index (χ3v) is 3.84. The van der Waals surface area contributed by atoms with Gasteiger partial charge in [-0.3, -0.25) is 0 Å². The predicted molar refractivity (Wildman–Crippen MR) is 52.3 cm³/mol. The second-order valence-corrected chi connectivity index (χ2v) is 5.35. The first-order valence-electron chi connectivity index (χ1n) is 5.82. The monoisotopic (exact) mass is 386 g/mol. The van der Waals surface area contributed by atoms with E-state index in [0.29, 0.717) is 0 Å². The molecule has 24 heavy (non-hydrogen) atoms. The SMILES string of the molecule is OC1(F)CC(O)(F)C(F)(F)C(F)(CF)C(F)(F)C(O)(CF)C1(F)F. The van der Waals surface area contributed by atoms with E-state index in [1.807, 2.05) is 0 Å². The second kappa shape index (κ2) is 5.06. The van der Waals surface area contributed by atoms with Gasteiger partial charge in [0.25, 0.3) is 17.4 Å². The largest absolute Gasteiger partial charge is 0.376 e. The van der Waals surface area contributed by atoms with Crippen molar-refractivity contribution in [3.63, 3.8) is 0 Å². The van der Waals surface area contributed by atoms with Gasteiger partial charge < -0.3 is 15.3 Å². The van der Waals surface area contributed by atoms with Crippen molar-refractivity contribution >= 4 is 0 Å². The Morgan fingerprint density at radius 3 is 1.29 bits per heavy atom. The summed E-state index contributed by atoms with van der Waals surface area (Å²) in [5.74, 6) is -32.0. The van der Waals surface area contributed by atoms with Crippen LogP contribution in [0.5, 0.6) is 0 Å². The minimum atomic E-state index is -6.92. The van der Waals surface area contributed by atoms with Gasteiger partial charge in [0.05, 0.1) is 6.42 Å². The molecule has 0 aliphatic heterocycles. The van der Waals surface area contributed by atoms with Crippen LogP contribution >= 0.6 is 0 Å². The number of aliphatic hydroxyl groups is 3. The van der Waals surface area contributed by atoms with Crippen molar-refractivity contribution in [3.05, 3.63) is 0 Å². The van der Waals surface area contributed by atoms with Gasteiger partial charge in [0, 0.05) is 0 Å². The van der Waals surface area contributed by atoms with Crippen molar-refractivity contribution in [2.75, 3.05) is 13.3 Å². The Kier molecular flexibility index (Phi) is 4.46. The summed E-state index contributed by atoms with van der Waals surface area (Å²) in [6.07, 6.45) is -3.51. The standard InChI is InChI=1S/C10H9F11O3/c11-2-4(13)8(16,17)5(22,3-12)10(20,21)7(15,24)1-6(14,23)9(4,18)19/h22-24H,1-3H2. The number of hydrogen-bond acceptors (Lipinski definition) is 3. The molecule has 4 unspecified atom stereocenters. The van der Waals surface area contributed by atoms with E-state index >= 15 is 0 Å². The van der Waals surface area contributed by atoms with E-state index in [2.05, 4.69) is 0 Å². The minimum Gasteiger partial charge on any atom is -0.376 e. The zero-order valence-electron chi connectivity index (χ0n) is 11.1. The van der Waals surface area contributed by atoms with Crippen LogP contribution in [-0.4, -0.2) is 69.4 Å². The molecular weight excluding hydrogens is 377 g/mol. The number of halogens is 11. The molecule has 0 amide bonds. The molecule has 14 heteroatoms. The summed E-state index contributed by atoms with van der Waals surface area (Å²) >= 11 is 0. The quantitative estimate of drug-likeness (QED) is 0.637. The van der Waals surface area contributed by atoms with Crippen LogP contribution < -0.4 is 0 Å². The summed E-state index contributed by atoms with van der Waals surface area (Å²) < 4.78 is 148. The first-order chi connectivity index (χ1) is 10.3. The van der Waals surface area contributed by atoms with Gasteiger partial charge in [-0.2, -0.15) is 26.3 Å². The maximum Gasteiger partial charge on any atom is 0.347 e. The fourth-order valence-corrected chi connectivity index (χ4v) is 2.21. The molecule has 1 fully saturated rings. The van der Waals surface area contributed by atoms with Crippen molar-refractivity contribution in [2.45, 2.75) is 47.2 Å². The summed E-state index contributed by atoms with van der Waals surface area (Å²) in [5, 5.41) is 26.4. The Balaban J connectivity index is 3.96. The maximum absolute atomic E-state index is 13.9. The van der Waals surface area contributed by atoms with E-state index in [9.17, 15) is 48.3 Å². The van der Waals surface area contributed by atoms with Crippen LogP contribution in [0.15, 0.2) is 0 Å². The molecule has 1 aliphatic rings. The van der Waals surface area contributed by atoms with Gasteiger partial charge in [-0.25, -0.2) is 22.0 Å². The lowest BCUT2D eigenvalue weighted by molar-refractivity contribution is -0.451. The lowest BCUT2D eigenvalue weighted by Crippen LogP contribution is -2.82. The van der Waals surface area contributed by atoms with Crippen LogP contribution in [0, 0.1) is 0 Å². The zero-order valence-corrected chi connectivity index (χ0v) is 11.1. The summed E-state index contributed by atoms with van der Waals surface area (Å²) in [6, 6.07) is 0. The lowest BCUT2D eigenvalue weighted by Gasteiger charge is -2.53. The Morgan fingerprint density at radius 2 is 0.958 bits per heavy atom. The Bertz CT molecular complexity index is 466. The third-order valence-electron chi connectivity index (χ3n) is 3.84. The second-order valence-electron chi connectivity index (χ2n) is 5.35. The smallest absolute Gasteiger partial charge is 0.347 e. The first-order valence-corrected chi connectivity index (χ1v) is 5.82. The molecule has 3 nitrogen and oxygen atoms in total. The van der Waals surface area contributed by atoms with Gasteiger partial charge in [0.2, 0.25) is 5.60 Å². The van der Waals surface area contributed by atoms with Gasteiger partial charge in [-0.05, 0) is 0 Å². The van der Waals surface area contributed by atoms with E-state index in [-0.39, 0.29) is 0 Å². The maximum atomic E-state index is 13.9. The molecule has 0 spiro atoms. The van der Waals surface area contributed by atoms with Crippen molar-refractivity contribution < 1.29 is 63.6 Å². The van der Waals surface area contributed by atoms with E-state index < -0.39 is 60.5 Å². The number of rotatable bonds is 2. The third kappa shape index (κ3) is 2.01. The van der Waals surface area contributed by atoms with Gasteiger partial charge in [0.15, 0.2) is 0 Å². The van der Waals surface area contributed by atoms with Crippen LogP contribution in [0.25, 0.3) is 0 Å². The molecule has 1 rings (SSSR count). The highest BCUT2D eigenvalue weighted by molar-refractivity contribution is 5.24. The molecule has 0 aromatic rings. The molecule has 0 heterocycles. The van der Waals surface area contributed by atoms with Crippen LogP contribution in [-0.2, 0) is 0 Å². The molecule has 1 saturated carbocycles. The lowest BCUT2D eigenvalue weighted by atomic mass is 9.69. The molecule has 144 valence electrons. The molecule has 1 aliphatic carbocycles. The molecule has 4 atom stereocenters. The molecule has 0 radical (unpaired) electrons. The Morgan fingerprint density at radius 1 is 0.583 bits per heavy atom. The Labute approximate surface area is 125 Å². The summed E-state index contributed by atoms with van der Waals surface area (Å²) in [6.45, 7) is -7.24. The minimum absolute atomic E-state index is 3.51. The van der Waals surface area contributed by atoms with Gasteiger partial charge in [-0.1, -0.05) is 0 Å². The van der Waals surface area contributed by atoms with Crippen LogP contribution in [0.3, 0.4) is 0 Å². The molecule has 0 saturated heterocycles. The summed E-state index contributed by atoms with van der Waals surface area (Å²) in [5.41, 5.74) is -12.5. The van der Waals surface area contributed by atoms with Crippen LogP contribution in [0.1, 0.15) is 6.42 Å². The van der Waals surface area contributed by atoms with Crippen LogP contribution in [0.4, 0.5) is 48.3 Å². The fourth-order valence-electron chi connectivity index (χ4n) is 2.21. The van der Waals surface area contributed by atoms with Crippen molar-refractivity contribution in [2.24, 2.45) is 0 Å². The summed E-state index contributed by atoms with van der Waals surface area (Å²) in [7, 11) is 0. The van der Waals surface area contributed by atoms with Gasteiger partial charge in [-0.15, -0.1) is 0 Å². The highest BCUT2D eigenvalue weighted by Gasteiger charge is 2.91.